The average molecular weight is 266 g/mol. The summed E-state index contributed by atoms with van der Waals surface area (Å²) < 4.78 is 0. The van der Waals surface area contributed by atoms with Crippen LogP contribution < -0.4 is 5.32 Å². The largest absolute Gasteiger partial charge is 0.310 e. The molecule has 0 unspecified atom stereocenters. The van der Waals surface area contributed by atoms with Crippen molar-refractivity contribution < 1.29 is 0 Å². The van der Waals surface area contributed by atoms with E-state index >= 15 is 0 Å². The molecule has 0 saturated carbocycles. The molecule has 1 nitrogen and oxygen atoms in total. The van der Waals surface area contributed by atoms with Gasteiger partial charge in [0.05, 0.1) is 0 Å². The summed E-state index contributed by atoms with van der Waals surface area (Å²) in [7, 11) is 0. The molecule has 2 aromatic rings. The number of thiophene rings is 1. The van der Waals surface area contributed by atoms with Crippen molar-refractivity contribution in [1.29, 1.82) is 0 Å². The van der Waals surface area contributed by atoms with Crippen LogP contribution in [0.25, 0.3) is 0 Å². The van der Waals surface area contributed by atoms with Crippen LogP contribution >= 0.6 is 22.9 Å². The summed E-state index contributed by atoms with van der Waals surface area (Å²) in [5.41, 5.74) is 2.64. The Balaban J connectivity index is 1.83. The minimum Gasteiger partial charge on any atom is -0.310 e. The molecule has 1 aromatic carbocycles. The predicted molar refractivity (Wildman–Crippen MR) is 75.9 cm³/mol. The first kappa shape index (κ1) is 12.6. The van der Waals surface area contributed by atoms with Gasteiger partial charge in [0.2, 0.25) is 0 Å². The van der Waals surface area contributed by atoms with Gasteiger partial charge in [-0.3, -0.25) is 0 Å². The topological polar surface area (TPSA) is 12.0 Å². The van der Waals surface area contributed by atoms with Gasteiger partial charge in [0.25, 0.3) is 0 Å². The maximum absolute atomic E-state index is 5.98. The van der Waals surface area contributed by atoms with E-state index in [-0.39, 0.29) is 0 Å². The molecule has 1 aromatic heterocycles. The highest BCUT2D eigenvalue weighted by Crippen LogP contribution is 2.17. The second-order valence-electron chi connectivity index (χ2n) is 4.11. The lowest BCUT2D eigenvalue weighted by Crippen LogP contribution is -2.21. The fraction of sp³-hybridized carbons (Fsp3) is 0.286. The molecule has 0 fully saturated rings. The van der Waals surface area contributed by atoms with Gasteiger partial charge in [-0.25, -0.2) is 0 Å². The van der Waals surface area contributed by atoms with E-state index in [0.717, 1.165) is 18.0 Å². The Bertz CT molecular complexity index is 453. The van der Waals surface area contributed by atoms with Gasteiger partial charge in [0.1, 0.15) is 0 Å². The van der Waals surface area contributed by atoms with E-state index in [1.807, 2.05) is 18.2 Å². The summed E-state index contributed by atoms with van der Waals surface area (Å²) in [5, 5.41) is 8.63. The van der Waals surface area contributed by atoms with Crippen molar-refractivity contribution in [3.8, 4) is 0 Å². The van der Waals surface area contributed by atoms with Gasteiger partial charge in [0, 0.05) is 11.1 Å². The number of benzene rings is 1. The number of rotatable bonds is 5. The van der Waals surface area contributed by atoms with Crippen molar-refractivity contribution in [2.45, 2.75) is 19.4 Å². The molecule has 0 amide bonds. The number of nitrogens with one attached hydrogen (secondary N) is 1. The predicted octanol–water partition coefficient (Wildman–Crippen LogP) is 4.29. The molecule has 2 rings (SSSR count). The van der Waals surface area contributed by atoms with Gasteiger partial charge in [-0.1, -0.05) is 23.7 Å². The van der Waals surface area contributed by atoms with Crippen LogP contribution in [-0.2, 0) is 6.42 Å². The van der Waals surface area contributed by atoms with E-state index in [0.29, 0.717) is 6.04 Å². The monoisotopic (exact) mass is 265 g/mol. The van der Waals surface area contributed by atoms with Crippen LogP contribution in [0.2, 0.25) is 5.02 Å². The zero-order valence-corrected chi connectivity index (χ0v) is 11.4. The van der Waals surface area contributed by atoms with Gasteiger partial charge in [-0.2, -0.15) is 11.3 Å². The van der Waals surface area contributed by atoms with E-state index < -0.39 is 0 Å². The lowest BCUT2D eigenvalue weighted by molar-refractivity contribution is 0.577. The summed E-state index contributed by atoms with van der Waals surface area (Å²) in [5.74, 6) is 0. The molecule has 0 aliphatic rings. The Kier molecular flexibility index (Phi) is 4.60. The minimum atomic E-state index is 0.340. The number of hydrogen-bond donors (Lipinski definition) is 1. The lowest BCUT2D eigenvalue weighted by Gasteiger charge is -2.14. The van der Waals surface area contributed by atoms with E-state index in [1.54, 1.807) is 11.3 Å². The van der Waals surface area contributed by atoms with Crippen molar-refractivity contribution in [3.63, 3.8) is 0 Å². The molecule has 17 heavy (non-hydrogen) atoms. The number of halogens is 1. The molecule has 0 radical (unpaired) electrons. The summed E-state index contributed by atoms with van der Waals surface area (Å²) in [4.78, 5) is 0. The fourth-order valence-corrected chi connectivity index (χ4v) is 2.66. The highest BCUT2D eigenvalue weighted by molar-refractivity contribution is 7.07. The Morgan fingerprint density at radius 3 is 2.94 bits per heavy atom. The summed E-state index contributed by atoms with van der Waals surface area (Å²) in [6.07, 6.45) is 1.08. The standard InChI is InChI=1S/C14H16ClNS/c1-11(13-3-2-4-14(15)9-13)16-7-5-12-6-8-17-10-12/h2-4,6,8-11,16H,5,7H2,1H3/t11-/m1/s1. The smallest absolute Gasteiger partial charge is 0.0409 e. The first-order valence-corrected chi connectivity index (χ1v) is 7.08. The van der Waals surface area contributed by atoms with Gasteiger partial charge in [-0.15, -0.1) is 0 Å². The Morgan fingerprint density at radius 2 is 2.24 bits per heavy atom. The van der Waals surface area contributed by atoms with Crippen molar-refractivity contribution >= 4 is 22.9 Å². The van der Waals surface area contributed by atoms with Gasteiger partial charge < -0.3 is 5.32 Å². The van der Waals surface area contributed by atoms with Crippen molar-refractivity contribution in [1.82, 2.24) is 5.32 Å². The van der Waals surface area contributed by atoms with E-state index in [4.69, 9.17) is 11.6 Å². The van der Waals surface area contributed by atoms with Gasteiger partial charge >= 0.3 is 0 Å². The third-order valence-corrected chi connectivity index (χ3v) is 3.76. The average Bonchev–Trinajstić information content (AvgIpc) is 2.82. The minimum absolute atomic E-state index is 0.340. The molecule has 0 saturated heterocycles. The van der Waals surface area contributed by atoms with Crippen molar-refractivity contribution in [2.24, 2.45) is 0 Å². The highest BCUT2D eigenvalue weighted by atomic mass is 35.5. The molecular formula is C14H16ClNS. The van der Waals surface area contributed by atoms with Crippen LogP contribution in [0.1, 0.15) is 24.1 Å². The summed E-state index contributed by atoms with van der Waals surface area (Å²) in [6.45, 7) is 3.16. The molecule has 0 bridgehead atoms. The highest BCUT2D eigenvalue weighted by Gasteiger charge is 2.04. The van der Waals surface area contributed by atoms with Crippen LogP contribution in [0.4, 0.5) is 0 Å². The third kappa shape index (κ3) is 3.84. The van der Waals surface area contributed by atoms with Crippen LogP contribution in [-0.4, -0.2) is 6.54 Å². The Labute approximate surface area is 111 Å². The Hall–Kier alpha value is -0.830. The molecule has 1 N–H and O–H groups in total. The Morgan fingerprint density at radius 1 is 1.35 bits per heavy atom. The normalized spacial score (nSPS) is 12.6. The van der Waals surface area contributed by atoms with Crippen molar-refractivity contribution in [3.05, 3.63) is 57.2 Å². The van der Waals surface area contributed by atoms with Crippen LogP contribution in [0.15, 0.2) is 41.1 Å². The van der Waals surface area contributed by atoms with Gasteiger partial charge in [0.15, 0.2) is 0 Å². The molecule has 1 heterocycles. The molecule has 0 aliphatic carbocycles. The zero-order valence-electron chi connectivity index (χ0n) is 9.82. The molecule has 3 heteroatoms. The summed E-state index contributed by atoms with van der Waals surface area (Å²) >= 11 is 7.73. The summed E-state index contributed by atoms with van der Waals surface area (Å²) in [6, 6.07) is 10.5. The fourth-order valence-electron chi connectivity index (χ4n) is 1.76. The second kappa shape index (κ2) is 6.20. The molecule has 0 aliphatic heterocycles. The van der Waals surface area contributed by atoms with E-state index in [9.17, 15) is 0 Å². The lowest BCUT2D eigenvalue weighted by atomic mass is 10.1. The van der Waals surface area contributed by atoms with Crippen LogP contribution in [0.5, 0.6) is 0 Å². The SMILES string of the molecule is C[C@@H](NCCc1ccsc1)c1cccc(Cl)c1. The first-order valence-electron chi connectivity index (χ1n) is 5.75. The number of hydrogen-bond acceptors (Lipinski definition) is 2. The zero-order chi connectivity index (χ0) is 12.1. The van der Waals surface area contributed by atoms with Crippen molar-refractivity contribution in [2.75, 3.05) is 6.54 Å². The molecule has 90 valence electrons. The van der Waals surface area contributed by atoms with E-state index in [1.165, 1.54) is 11.1 Å². The molecular weight excluding hydrogens is 250 g/mol. The van der Waals surface area contributed by atoms with Gasteiger partial charge in [-0.05, 0) is 60.0 Å². The van der Waals surface area contributed by atoms with Crippen LogP contribution in [0, 0.1) is 0 Å². The maximum atomic E-state index is 5.98. The first-order chi connectivity index (χ1) is 8.25. The van der Waals surface area contributed by atoms with E-state index in [2.05, 4.69) is 35.1 Å². The van der Waals surface area contributed by atoms with Crippen LogP contribution in [0.3, 0.4) is 0 Å². The third-order valence-electron chi connectivity index (χ3n) is 2.79. The quantitative estimate of drug-likeness (QED) is 0.850. The molecule has 1 atom stereocenters. The maximum Gasteiger partial charge on any atom is 0.0409 e. The molecule has 0 spiro atoms. The second-order valence-corrected chi connectivity index (χ2v) is 5.33.